The largest absolute Gasteiger partial charge is 0.394 e. The standard InChI is InChI=1S/C17H25NO2/c1-2-3-4-5-6-14-7-9-15(10-8-14)18-16(13-19)11-12-17(18)20/h7-10,16,19H,2-6,11-13H2,1H3. The molecule has 1 heterocycles. The average Bonchev–Trinajstić information content (AvgIpc) is 2.85. The molecule has 1 aliphatic rings. The molecule has 110 valence electrons. The highest BCUT2D eigenvalue weighted by Crippen LogP contribution is 2.26. The van der Waals surface area contributed by atoms with Gasteiger partial charge in [0.15, 0.2) is 0 Å². The minimum Gasteiger partial charge on any atom is -0.394 e. The van der Waals surface area contributed by atoms with Crippen LogP contribution in [0.1, 0.15) is 51.0 Å². The Morgan fingerprint density at radius 2 is 1.95 bits per heavy atom. The number of carbonyl (C=O) groups excluding carboxylic acids is 1. The van der Waals surface area contributed by atoms with Crippen LogP contribution in [0.25, 0.3) is 0 Å². The molecule has 3 heteroatoms. The second-order valence-corrected chi connectivity index (χ2v) is 5.62. The summed E-state index contributed by atoms with van der Waals surface area (Å²) in [4.78, 5) is 13.6. The minimum atomic E-state index is -0.0436. The van der Waals surface area contributed by atoms with Gasteiger partial charge in [0.05, 0.1) is 12.6 Å². The molecule has 0 saturated carbocycles. The zero-order valence-corrected chi connectivity index (χ0v) is 12.3. The topological polar surface area (TPSA) is 40.5 Å². The number of benzene rings is 1. The number of hydrogen-bond donors (Lipinski definition) is 1. The number of rotatable bonds is 7. The van der Waals surface area contributed by atoms with Crippen LogP contribution in [0.5, 0.6) is 0 Å². The molecule has 1 unspecified atom stereocenters. The summed E-state index contributed by atoms with van der Waals surface area (Å²) in [6.07, 6.45) is 7.50. The highest BCUT2D eigenvalue weighted by atomic mass is 16.3. The normalized spacial score (nSPS) is 18.8. The Labute approximate surface area is 121 Å². The Balaban J connectivity index is 1.95. The fourth-order valence-electron chi connectivity index (χ4n) is 2.85. The van der Waals surface area contributed by atoms with Crippen molar-refractivity contribution >= 4 is 11.6 Å². The molecule has 2 rings (SSSR count). The summed E-state index contributed by atoms with van der Waals surface area (Å²) in [6, 6.07) is 8.21. The maximum absolute atomic E-state index is 11.9. The van der Waals surface area contributed by atoms with E-state index in [1.807, 2.05) is 12.1 Å². The van der Waals surface area contributed by atoms with Gasteiger partial charge in [-0.15, -0.1) is 0 Å². The van der Waals surface area contributed by atoms with E-state index in [2.05, 4.69) is 19.1 Å². The first-order valence-corrected chi connectivity index (χ1v) is 7.78. The average molecular weight is 275 g/mol. The molecule has 0 spiro atoms. The molecule has 0 bridgehead atoms. The van der Waals surface area contributed by atoms with Gasteiger partial charge in [-0.05, 0) is 37.0 Å². The summed E-state index contributed by atoms with van der Waals surface area (Å²) < 4.78 is 0. The van der Waals surface area contributed by atoms with Gasteiger partial charge in [0.1, 0.15) is 0 Å². The van der Waals surface area contributed by atoms with Crippen molar-refractivity contribution in [3.63, 3.8) is 0 Å². The maximum Gasteiger partial charge on any atom is 0.227 e. The Hall–Kier alpha value is -1.35. The van der Waals surface area contributed by atoms with E-state index in [1.54, 1.807) is 4.90 Å². The summed E-state index contributed by atoms with van der Waals surface area (Å²) in [5, 5.41) is 9.34. The number of aliphatic hydroxyl groups is 1. The monoisotopic (exact) mass is 275 g/mol. The molecule has 0 radical (unpaired) electrons. The molecule has 20 heavy (non-hydrogen) atoms. The van der Waals surface area contributed by atoms with Gasteiger partial charge < -0.3 is 10.0 Å². The van der Waals surface area contributed by atoms with Crippen LogP contribution < -0.4 is 4.90 Å². The zero-order valence-electron chi connectivity index (χ0n) is 12.3. The number of aliphatic hydroxyl groups excluding tert-OH is 1. The number of unbranched alkanes of at least 4 members (excludes halogenated alkanes) is 3. The zero-order chi connectivity index (χ0) is 14.4. The van der Waals surface area contributed by atoms with Gasteiger partial charge in [0.2, 0.25) is 5.91 Å². The maximum atomic E-state index is 11.9. The molecule has 1 aromatic rings. The van der Waals surface area contributed by atoms with E-state index in [0.29, 0.717) is 6.42 Å². The summed E-state index contributed by atoms with van der Waals surface area (Å²) in [5.41, 5.74) is 2.25. The van der Waals surface area contributed by atoms with Gasteiger partial charge in [-0.3, -0.25) is 4.79 Å². The van der Waals surface area contributed by atoms with Crippen LogP contribution in [-0.4, -0.2) is 23.7 Å². The smallest absolute Gasteiger partial charge is 0.227 e. The molecule has 1 N–H and O–H groups in total. The van der Waals surface area contributed by atoms with Crippen molar-refractivity contribution in [1.29, 1.82) is 0 Å². The van der Waals surface area contributed by atoms with Gasteiger partial charge in [0, 0.05) is 12.1 Å². The molecule has 0 aliphatic carbocycles. The molecular formula is C17H25NO2. The van der Waals surface area contributed by atoms with E-state index in [9.17, 15) is 9.90 Å². The van der Waals surface area contributed by atoms with Crippen LogP contribution in [0.3, 0.4) is 0 Å². The third-order valence-electron chi connectivity index (χ3n) is 4.07. The minimum absolute atomic E-state index is 0.0436. The van der Waals surface area contributed by atoms with E-state index < -0.39 is 0 Å². The van der Waals surface area contributed by atoms with Crippen LogP contribution in [-0.2, 0) is 11.2 Å². The highest BCUT2D eigenvalue weighted by Gasteiger charge is 2.31. The molecule has 1 fully saturated rings. The van der Waals surface area contributed by atoms with Crippen LogP contribution in [0.15, 0.2) is 24.3 Å². The quantitative estimate of drug-likeness (QED) is 0.776. The van der Waals surface area contributed by atoms with E-state index in [0.717, 1.165) is 18.5 Å². The van der Waals surface area contributed by atoms with Crippen LogP contribution in [0.4, 0.5) is 5.69 Å². The van der Waals surface area contributed by atoms with Gasteiger partial charge in [-0.1, -0.05) is 38.3 Å². The first kappa shape index (κ1) is 15.0. The molecule has 0 aromatic heterocycles. The fourth-order valence-corrected chi connectivity index (χ4v) is 2.85. The number of amides is 1. The van der Waals surface area contributed by atoms with Crippen molar-refractivity contribution in [2.75, 3.05) is 11.5 Å². The van der Waals surface area contributed by atoms with Gasteiger partial charge in [0.25, 0.3) is 0 Å². The third-order valence-corrected chi connectivity index (χ3v) is 4.07. The Morgan fingerprint density at radius 1 is 1.20 bits per heavy atom. The molecule has 1 saturated heterocycles. The molecule has 1 atom stereocenters. The van der Waals surface area contributed by atoms with Gasteiger partial charge in [-0.25, -0.2) is 0 Å². The molecule has 1 amide bonds. The summed E-state index contributed by atoms with van der Waals surface area (Å²) in [5.74, 6) is 0.125. The van der Waals surface area contributed by atoms with Crippen LogP contribution in [0, 0.1) is 0 Å². The number of carbonyl (C=O) groups is 1. The number of anilines is 1. The number of nitrogens with zero attached hydrogens (tertiary/aromatic N) is 1. The van der Waals surface area contributed by atoms with Crippen molar-refractivity contribution in [3.05, 3.63) is 29.8 Å². The van der Waals surface area contributed by atoms with Crippen LogP contribution >= 0.6 is 0 Å². The summed E-state index contributed by atoms with van der Waals surface area (Å²) >= 11 is 0. The van der Waals surface area contributed by atoms with Crippen molar-refractivity contribution in [1.82, 2.24) is 0 Å². The fraction of sp³-hybridized carbons (Fsp3) is 0.588. The highest BCUT2D eigenvalue weighted by molar-refractivity contribution is 5.96. The van der Waals surface area contributed by atoms with Crippen molar-refractivity contribution in [2.45, 2.75) is 57.9 Å². The van der Waals surface area contributed by atoms with Crippen molar-refractivity contribution < 1.29 is 9.90 Å². The Bertz CT molecular complexity index is 427. The first-order valence-electron chi connectivity index (χ1n) is 7.78. The van der Waals surface area contributed by atoms with E-state index in [1.165, 1.54) is 31.2 Å². The number of hydrogen-bond acceptors (Lipinski definition) is 2. The second-order valence-electron chi connectivity index (χ2n) is 5.62. The van der Waals surface area contributed by atoms with E-state index in [4.69, 9.17) is 0 Å². The van der Waals surface area contributed by atoms with Crippen molar-refractivity contribution in [2.24, 2.45) is 0 Å². The number of aryl methyl sites for hydroxylation is 1. The first-order chi connectivity index (χ1) is 9.76. The SMILES string of the molecule is CCCCCCc1ccc(N2C(=O)CCC2CO)cc1. The second kappa shape index (κ2) is 7.44. The molecule has 1 aliphatic heterocycles. The third kappa shape index (κ3) is 3.60. The molecular weight excluding hydrogens is 250 g/mol. The summed E-state index contributed by atoms with van der Waals surface area (Å²) in [6.45, 7) is 2.27. The van der Waals surface area contributed by atoms with E-state index in [-0.39, 0.29) is 18.6 Å². The predicted octanol–water partition coefficient (Wildman–Crippen LogP) is 3.30. The molecule has 1 aromatic carbocycles. The van der Waals surface area contributed by atoms with Crippen molar-refractivity contribution in [3.8, 4) is 0 Å². The lowest BCUT2D eigenvalue weighted by atomic mass is 10.1. The van der Waals surface area contributed by atoms with E-state index >= 15 is 0 Å². The van der Waals surface area contributed by atoms with Gasteiger partial charge in [-0.2, -0.15) is 0 Å². The lowest BCUT2D eigenvalue weighted by Crippen LogP contribution is -2.35. The predicted molar refractivity (Wildman–Crippen MR) is 81.9 cm³/mol. The Morgan fingerprint density at radius 3 is 2.60 bits per heavy atom. The summed E-state index contributed by atoms with van der Waals surface area (Å²) in [7, 11) is 0. The van der Waals surface area contributed by atoms with Gasteiger partial charge >= 0.3 is 0 Å². The lowest BCUT2D eigenvalue weighted by Gasteiger charge is -2.23. The molecule has 3 nitrogen and oxygen atoms in total. The van der Waals surface area contributed by atoms with Crippen LogP contribution in [0.2, 0.25) is 0 Å². The lowest BCUT2D eigenvalue weighted by molar-refractivity contribution is -0.117. The Kier molecular flexibility index (Phi) is 5.60.